The van der Waals surface area contributed by atoms with Crippen molar-refractivity contribution in [1.29, 1.82) is 0 Å². The van der Waals surface area contributed by atoms with E-state index < -0.39 is 0 Å². The zero-order valence-corrected chi connectivity index (χ0v) is 18.1. The summed E-state index contributed by atoms with van der Waals surface area (Å²) < 4.78 is 4.54. The summed E-state index contributed by atoms with van der Waals surface area (Å²) in [6.45, 7) is 2.70. The fraction of sp³-hybridized carbons (Fsp3) is 0.227. The molecule has 0 saturated heterocycles. The summed E-state index contributed by atoms with van der Waals surface area (Å²) in [5.41, 5.74) is 1.73. The van der Waals surface area contributed by atoms with Crippen LogP contribution in [0.25, 0.3) is 22.6 Å². The Hall–Kier alpha value is -2.83. The van der Waals surface area contributed by atoms with Gasteiger partial charge in [-0.1, -0.05) is 60.5 Å². The van der Waals surface area contributed by atoms with Gasteiger partial charge in [-0.05, 0) is 30.2 Å². The van der Waals surface area contributed by atoms with Crippen molar-refractivity contribution in [3.05, 3.63) is 85.0 Å². The largest absolute Gasteiger partial charge is 0.332 e. The Morgan fingerprint density at radius 3 is 2.37 bits per heavy atom. The van der Waals surface area contributed by atoms with E-state index in [0.29, 0.717) is 52.1 Å². The van der Waals surface area contributed by atoms with E-state index in [1.807, 2.05) is 41.8 Å². The highest BCUT2D eigenvalue weighted by atomic mass is 35.5. The molecule has 4 aromatic rings. The van der Waals surface area contributed by atoms with Gasteiger partial charge in [0.2, 0.25) is 0 Å². The minimum atomic E-state index is -0.376. The van der Waals surface area contributed by atoms with Crippen molar-refractivity contribution in [2.45, 2.75) is 26.4 Å². The molecular formula is C22H20Cl2N4O2. The molecule has 0 bridgehead atoms. The van der Waals surface area contributed by atoms with Crippen molar-refractivity contribution in [2.75, 3.05) is 0 Å². The first-order chi connectivity index (χ1) is 14.4. The second kappa shape index (κ2) is 8.13. The Morgan fingerprint density at radius 2 is 1.70 bits per heavy atom. The van der Waals surface area contributed by atoms with E-state index in [1.54, 1.807) is 25.2 Å². The van der Waals surface area contributed by atoms with Crippen molar-refractivity contribution < 1.29 is 0 Å². The minimum absolute atomic E-state index is 0.342. The average molecular weight is 443 g/mol. The van der Waals surface area contributed by atoms with E-state index in [9.17, 15) is 9.59 Å². The Balaban J connectivity index is 2.07. The normalized spacial score (nSPS) is 11.3. The molecule has 8 heteroatoms. The maximum Gasteiger partial charge on any atom is 0.332 e. The molecule has 0 aliphatic heterocycles. The SMILES string of the molecule is CCCn1c(=O)c2c(nc(-c3ccc(Cl)c(Cl)c3)n2Cc2ccccc2)n(C)c1=O. The maximum absolute atomic E-state index is 13.3. The van der Waals surface area contributed by atoms with Gasteiger partial charge >= 0.3 is 5.69 Å². The number of aromatic nitrogens is 4. The van der Waals surface area contributed by atoms with E-state index in [-0.39, 0.29) is 11.2 Å². The predicted molar refractivity (Wildman–Crippen MR) is 121 cm³/mol. The van der Waals surface area contributed by atoms with Gasteiger partial charge in [0, 0.05) is 25.7 Å². The van der Waals surface area contributed by atoms with E-state index in [4.69, 9.17) is 23.2 Å². The lowest BCUT2D eigenvalue weighted by Gasteiger charge is -2.11. The lowest BCUT2D eigenvalue weighted by Crippen LogP contribution is -2.39. The van der Waals surface area contributed by atoms with E-state index >= 15 is 0 Å². The van der Waals surface area contributed by atoms with Crippen LogP contribution < -0.4 is 11.2 Å². The van der Waals surface area contributed by atoms with Gasteiger partial charge in [-0.3, -0.25) is 13.9 Å². The van der Waals surface area contributed by atoms with Gasteiger partial charge < -0.3 is 4.57 Å². The topological polar surface area (TPSA) is 61.8 Å². The molecule has 6 nitrogen and oxygen atoms in total. The summed E-state index contributed by atoms with van der Waals surface area (Å²) in [4.78, 5) is 30.7. The molecule has 4 rings (SSSR count). The van der Waals surface area contributed by atoms with Crippen LogP contribution in [0, 0.1) is 0 Å². The zero-order valence-electron chi connectivity index (χ0n) is 16.6. The second-order valence-corrected chi connectivity index (χ2v) is 7.92. The summed E-state index contributed by atoms with van der Waals surface area (Å²) in [5.74, 6) is 0.550. The molecule has 0 spiro atoms. The molecule has 0 aliphatic rings. The summed E-state index contributed by atoms with van der Waals surface area (Å²) in [6, 6.07) is 15.0. The smallest absolute Gasteiger partial charge is 0.314 e. The summed E-state index contributed by atoms with van der Waals surface area (Å²) in [6.07, 6.45) is 0.674. The highest BCUT2D eigenvalue weighted by Crippen LogP contribution is 2.30. The molecule has 0 aliphatic carbocycles. The summed E-state index contributed by atoms with van der Waals surface area (Å²) in [5, 5.41) is 0.827. The van der Waals surface area contributed by atoms with Crippen LogP contribution in [-0.4, -0.2) is 18.7 Å². The third-order valence-electron chi connectivity index (χ3n) is 5.04. The zero-order chi connectivity index (χ0) is 21.4. The highest BCUT2D eigenvalue weighted by Gasteiger charge is 2.21. The monoisotopic (exact) mass is 442 g/mol. The Bertz CT molecular complexity index is 1350. The first kappa shape index (κ1) is 20.4. The molecule has 0 saturated carbocycles. The van der Waals surface area contributed by atoms with Gasteiger partial charge in [-0.2, -0.15) is 0 Å². The number of fused-ring (bicyclic) bond motifs is 1. The van der Waals surface area contributed by atoms with Crippen molar-refractivity contribution in [2.24, 2.45) is 7.05 Å². The average Bonchev–Trinajstić information content (AvgIpc) is 3.12. The lowest BCUT2D eigenvalue weighted by atomic mass is 10.2. The summed E-state index contributed by atoms with van der Waals surface area (Å²) in [7, 11) is 1.63. The van der Waals surface area contributed by atoms with Crippen LogP contribution in [0.3, 0.4) is 0 Å². The molecule has 0 unspecified atom stereocenters. The third-order valence-corrected chi connectivity index (χ3v) is 5.78. The van der Waals surface area contributed by atoms with Crippen LogP contribution in [0.5, 0.6) is 0 Å². The highest BCUT2D eigenvalue weighted by molar-refractivity contribution is 6.42. The first-order valence-corrected chi connectivity index (χ1v) is 10.4. The van der Waals surface area contributed by atoms with Gasteiger partial charge in [0.1, 0.15) is 5.82 Å². The molecular weight excluding hydrogens is 423 g/mol. The Kier molecular flexibility index (Phi) is 5.54. The second-order valence-electron chi connectivity index (χ2n) is 7.11. The van der Waals surface area contributed by atoms with Gasteiger partial charge in [0.15, 0.2) is 11.2 Å². The molecule has 0 fully saturated rings. The third kappa shape index (κ3) is 3.46. The minimum Gasteiger partial charge on any atom is -0.314 e. The van der Waals surface area contributed by atoms with Gasteiger partial charge in [-0.25, -0.2) is 9.78 Å². The van der Waals surface area contributed by atoms with E-state index in [0.717, 1.165) is 5.56 Å². The van der Waals surface area contributed by atoms with Gasteiger partial charge in [0.05, 0.1) is 10.0 Å². The molecule has 2 aromatic heterocycles. The van der Waals surface area contributed by atoms with Crippen LogP contribution in [0.15, 0.2) is 58.1 Å². The predicted octanol–water partition coefficient (Wildman–Crippen LogP) is 4.33. The van der Waals surface area contributed by atoms with Crippen molar-refractivity contribution in [3.63, 3.8) is 0 Å². The number of hydrogen-bond donors (Lipinski definition) is 0. The molecule has 30 heavy (non-hydrogen) atoms. The van der Waals surface area contributed by atoms with Crippen LogP contribution in [-0.2, 0) is 20.1 Å². The number of halogens is 2. The quantitative estimate of drug-likeness (QED) is 0.462. The first-order valence-electron chi connectivity index (χ1n) is 9.61. The van der Waals surface area contributed by atoms with Crippen LogP contribution in [0.2, 0.25) is 10.0 Å². The maximum atomic E-state index is 13.3. The number of hydrogen-bond acceptors (Lipinski definition) is 3. The standard InChI is InChI=1S/C22H20Cl2N4O2/c1-3-11-27-21(29)18-20(26(2)22(27)30)25-19(15-9-10-16(23)17(24)12-15)28(18)13-14-7-5-4-6-8-14/h4-10,12H,3,11,13H2,1-2H3. The molecule has 0 amide bonds. The fourth-order valence-corrected chi connectivity index (χ4v) is 3.87. The molecule has 0 atom stereocenters. The van der Waals surface area contributed by atoms with Gasteiger partial charge in [0.25, 0.3) is 5.56 Å². The number of rotatable bonds is 5. The number of nitrogens with zero attached hydrogens (tertiary/aromatic N) is 4. The van der Waals surface area contributed by atoms with Crippen LogP contribution >= 0.6 is 23.2 Å². The van der Waals surface area contributed by atoms with Gasteiger partial charge in [-0.15, -0.1) is 0 Å². The fourth-order valence-electron chi connectivity index (χ4n) is 3.57. The van der Waals surface area contributed by atoms with E-state index in [2.05, 4.69) is 4.98 Å². The number of imidazole rings is 1. The molecule has 0 N–H and O–H groups in total. The molecule has 154 valence electrons. The van der Waals surface area contributed by atoms with Crippen molar-refractivity contribution in [3.8, 4) is 11.4 Å². The Labute approximate surface area is 182 Å². The molecule has 0 radical (unpaired) electrons. The van der Waals surface area contributed by atoms with Crippen LogP contribution in [0.4, 0.5) is 0 Å². The number of aryl methyl sites for hydroxylation is 1. The Morgan fingerprint density at radius 1 is 0.967 bits per heavy atom. The van der Waals surface area contributed by atoms with E-state index in [1.165, 1.54) is 9.13 Å². The van der Waals surface area contributed by atoms with Crippen molar-refractivity contribution in [1.82, 2.24) is 18.7 Å². The lowest BCUT2D eigenvalue weighted by molar-refractivity contribution is 0.590. The molecule has 2 heterocycles. The van der Waals surface area contributed by atoms with Crippen molar-refractivity contribution >= 4 is 34.4 Å². The molecule has 2 aromatic carbocycles. The summed E-state index contributed by atoms with van der Waals surface area (Å²) >= 11 is 12.3. The number of benzene rings is 2. The van der Waals surface area contributed by atoms with Crippen LogP contribution in [0.1, 0.15) is 18.9 Å².